The smallest absolute Gasteiger partial charge is 0.242 e. The van der Waals surface area contributed by atoms with Crippen molar-refractivity contribution in [2.75, 3.05) is 30.8 Å². The van der Waals surface area contributed by atoms with Gasteiger partial charge in [-0.15, -0.1) is 0 Å². The zero-order valence-corrected chi connectivity index (χ0v) is 22.1. The van der Waals surface area contributed by atoms with Crippen LogP contribution in [0.1, 0.15) is 44.2 Å². The number of carbonyl (C=O) groups excluding carboxylic acids is 2. The van der Waals surface area contributed by atoms with Crippen LogP contribution in [0, 0.1) is 6.92 Å². The highest BCUT2D eigenvalue weighted by Gasteiger charge is 2.27. The van der Waals surface area contributed by atoms with Gasteiger partial charge in [0.25, 0.3) is 0 Å². The van der Waals surface area contributed by atoms with Gasteiger partial charge in [-0.25, -0.2) is 8.42 Å². The highest BCUT2D eigenvalue weighted by Crippen LogP contribution is 2.29. The number of sulfonamides is 1. The molecule has 0 heterocycles. The minimum absolute atomic E-state index is 0.0957. The number of para-hydroxylation sites is 2. The van der Waals surface area contributed by atoms with E-state index in [1.807, 2.05) is 38.1 Å². The Morgan fingerprint density at radius 3 is 2.34 bits per heavy atom. The van der Waals surface area contributed by atoms with Crippen LogP contribution in [0.5, 0.6) is 5.75 Å². The third-order valence-electron chi connectivity index (χ3n) is 5.70. The number of hydrogen-bond donors (Lipinski definition) is 1. The summed E-state index contributed by atoms with van der Waals surface area (Å²) in [5, 5.41) is 2.86. The first-order valence-electron chi connectivity index (χ1n) is 11.8. The summed E-state index contributed by atoms with van der Waals surface area (Å²) in [5.74, 6) is 0.0174. The van der Waals surface area contributed by atoms with Gasteiger partial charge >= 0.3 is 0 Å². The highest BCUT2D eigenvalue weighted by molar-refractivity contribution is 7.92. The largest absolute Gasteiger partial charge is 0.495 e. The average Bonchev–Trinajstić information content (AvgIpc) is 2.83. The first-order valence-corrected chi connectivity index (χ1v) is 13.7. The van der Waals surface area contributed by atoms with Crippen molar-refractivity contribution in [3.63, 3.8) is 0 Å². The number of aryl methyl sites for hydroxylation is 1. The molecule has 0 radical (unpaired) electrons. The monoisotopic (exact) mass is 503 g/mol. The van der Waals surface area contributed by atoms with Crippen molar-refractivity contribution in [3.05, 3.63) is 59.7 Å². The summed E-state index contributed by atoms with van der Waals surface area (Å²) in [4.78, 5) is 27.5. The van der Waals surface area contributed by atoms with Gasteiger partial charge in [0, 0.05) is 26.1 Å². The quantitative estimate of drug-likeness (QED) is 0.451. The number of anilines is 1. The molecular weight excluding hydrogens is 466 g/mol. The molecule has 0 spiro atoms. The Bertz CT molecular complexity index is 1090. The average molecular weight is 504 g/mol. The lowest BCUT2D eigenvalue weighted by Gasteiger charge is -2.29. The Labute approximate surface area is 209 Å². The van der Waals surface area contributed by atoms with Gasteiger partial charge in [-0.05, 0) is 44.4 Å². The predicted molar refractivity (Wildman–Crippen MR) is 139 cm³/mol. The number of carbonyl (C=O) groups is 2. The molecule has 0 aliphatic rings. The Morgan fingerprint density at radius 1 is 1.09 bits per heavy atom. The van der Waals surface area contributed by atoms with Crippen LogP contribution in [0.3, 0.4) is 0 Å². The maximum Gasteiger partial charge on any atom is 0.242 e. The van der Waals surface area contributed by atoms with Crippen molar-refractivity contribution in [3.8, 4) is 5.75 Å². The van der Waals surface area contributed by atoms with E-state index in [1.165, 1.54) is 11.4 Å². The van der Waals surface area contributed by atoms with Gasteiger partial charge in [-0.3, -0.25) is 13.9 Å². The molecular formula is C26H37N3O5S. The zero-order chi connectivity index (χ0) is 26.0. The van der Waals surface area contributed by atoms with E-state index in [1.54, 1.807) is 36.1 Å². The molecule has 0 saturated carbocycles. The molecule has 2 aromatic carbocycles. The third-order valence-corrected chi connectivity index (χ3v) is 6.88. The second-order valence-corrected chi connectivity index (χ2v) is 10.5. The highest BCUT2D eigenvalue weighted by atomic mass is 32.2. The number of methoxy groups -OCH3 is 1. The summed E-state index contributed by atoms with van der Waals surface area (Å²) in [7, 11) is -2.11. The van der Waals surface area contributed by atoms with E-state index in [0.29, 0.717) is 24.5 Å². The van der Waals surface area contributed by atoms with E-state index in [-0.39, 0.29) is 31.2 Å². The minimum Gasteiger partial charge on any atom is -0.495 e. The molecule has 2 aromatic rings. The van der Waals surface area contributed by atoms with Crippen LogP contribution < -0.4 is 14.4 Å². The lowest BCUT2D eigenvalue weighted by Crippen LogP contribution is -2.47. The van der Waals surface area contributed by atoms with E-state index >= 15 is 0 Å². The van der Waals surface area contributed by atoms with Crippen molar-refractivity contribution in [2.45, 2.75) is 52.6 Å². The van der Waals surface area contributed by atoms with Crippen LogP contribution >= 0.6 is 0 Å². The molecule has 2 rings (SSSR count). The first-order chi connectivity index (χ1) is 16.6. The standard InChI is InChI=1S/C26H37N3O5S/c1-6-17-27-26(31)21(3)28(19-22-15-13-20(2)14-16-22)25(30)12-9-18-29(35(5,32)33)23-10-7-8-11-24(23)34-4/h7-8,10-11,13-16,21H,6,9,12,17-19H2,1-5H3,(H,27,31). The Kier molecular flexibility index (Phi) is 10.6. The molecule has 9 heteroatoms. The summed E-state index contributed by atoms with van der Waals surface area (Å²) >= 11 is 0. The van der Waals surface area contributed by atoms with Crippen LogP contribution in [0.2, 0.25) is 0 Å². The van der Waals surface area contributed by atoms with Crippen LogP contribution in [0.25, 0.3) is 0 Å². The van der Waals surface area contributed by atoms with Gasteiger partial charge in [0.1, 0.15) is 11.8 Å². The van der Waals surface area contributed by atoms with Crippen LogP contribution in [-0.4, -0.2) is 57.6 Å². The molecule has 2 amide bonds. The molecule has 1 atom stereocenters. The number of hydrogen-bond acceptors (Lipinski definition) is 5. The summed E-state index contributed by atoms with van der Waals surface area (Å²) in [6.07, 6.45) is 2.32. The van der Waals surface area contributed by atoms with Crippen LogP contribution in [0.15, 0.2) is 48.5 Å². The summed E-state index contributed by atoms with van der Waals surface area (Å²) in [6.45, 7) is 6.62. The van der Waals surface area contributed by atoms with Gasteiger partial charge in [-0.1, -0.05) is 48.9 Å². The van der Waals surface area contributed by atoms with Crippen LogP contribution in [-0.2, 0) is 26.2 Å². The van der Waals surface area contributed by atoms with Crippen molar-refractivity contribution in [1.29, 1.82) is 0 Å². The fourth-order valence-corrected chi connectivity index (χ4v) is 4.66. The summed E-state index contributed by atoms with van der Waals surface area (Å²) in [6, 6.07) is 14.0. The molecule has 192 valence electrons. The second kappa shape index (κ2) is 13.1. The van der Waals surface area contributed by atoms with E-state index in [0.717, 1.165) is 23.8 Å². The van der Waals surface area contributed by atoms with E-state index in [4.69, 9.17) is 4.74 Å². The van der Waals surface area contributed by atoms with Gasteiger partial charge in [0.05, 0.1) is 19.1 Å². The molecule has 1 unspecified atom stereocenters. The summed E-state index contributed by atoms with van der Waals surface area (Å²) < 4.78 is 31.6. The Morgan fingerprint density at radius 2 is 1.74 bits per heavy atom. The maximum absolute atomic E-state index is 13.3. The Balaban J connectivity index is 2.17. The molecule has 8 nitrogen and oxygen atoms in total. The molecule has 1 N–H and O–H groups in total. The van der Waals surface area contributed by atoms with Gasteiger partial charge in [0.15, 0.2) is 0 Å². The molecule has 35 heavy (non-hydrogen) atoms. The first kappa shape index (κ1) is 28.2. The molecule has 0 aliphatic heterocycles. The van der Waals surface area contributed by atoms with Crippen molar-refractivity contribution in [1.82, 2.24) is 10.2 Å². The van der Waals surface area contributed by atoms with Crippen LogP contribution in [0.4, 0.5) is 5.69 Å². The molecule has 0 aliphatic carbocycles. The third kappa shape index (κ3) is 8.28. The maximum atomic E-state index is 13.3. The zero-order valence-electron chi connectivity index (χ0n) is 21.3. The molecule has 0 saturated heterocycles. The fraction of sp³-hybridized carbons (Fsp3) is 0.462. The number of benzene rings is 2. The Hall–Kier alpha value is -3.07. The number of rotatable bonds is 13. The van der Waals surface area contributed by atoms with Crippen molar-refractivity contribution >= 4 is 27.5 Å². The normalized spacial score (nSPS) is 12.0. The molecule has 0 aromatic heterocycles. The lowest BCUT2D eigenvalue weighted by molar-refractivity contribution is -0.140. The predicted octanol–water partition coefficient (Wildman–Crippen LogP) is 3.49. The fourth-order valence-electron chi connectivity index (χ4n) is 3.69. The van der Waals surface area contributed by atoms with E-state index in [9.17, 15) is 18.0 Å². The van der Waals surface area contributed by atoms with Crippen molar-refractivity contribution in [2.24, 2.45) is 0 Å². The SMILES string of the molecule is CCCNC(=O)C(C)N(Cc1ccc(C)cc1)C(=O)CCCN(c1ccccc1OC)S(C)(=O)=O. The van der Waals surface area contributed by atoms with Gasteiger partial charge in [0.2, 0.25) is 21.8 Å². The second-order valence-electron chi connectivity index (χ2n) is 8.58. The number of amides is 2. The molecule has 0 fully saturated rings. The number of nitrogens with zero attached hydrogens (tertiary/aromatic N) is 2. The summed E-state index contributed by atoms with van der Waals surface area (Å²) in [5.41, 5.74) is 2.46. The molecule has 0 bridgehead atoms. The lowest BCUT2D eigenvalue weighted by atomic mass is 10.1. The van der Waals surface area contributed by atoms with Gasteiger partial charge < -0.3 is 15.0 Å². The van der Waals surface area contributed by atoms with Crippen molar-refractivity contribution < 1.29 is 22.7 Å². The van der Waals surface area contributed by atoms with E-state index in [2.05, 4.69) is 5.32 Å². The minimum atomic E-state index is -3.60. The topological polar surface area (TPSA) is 96.0 Å². The number of ether oxygens (including phenoxy) is 1. The van der Waals surface area contributed by atoms with E-state index < -0.39 is 16.1 Å². The number of nitrogens with one attached hydrogen (secondary N) is 1. The van der Waals surface area contributed by atoms with Gasteiger partial charge in [-0.2, -0.15) is 0 Å².